The summed E-state index contributed by atoms with van der Waals surface area (Å²) in [6, 6.07) is 8.31. The highest BCUT2D eigenvalue weighted by molar-refractivity contribution is 9.10. The normalized spacial score (nSPS) is 12.8. The molecule has 0 fully saturated rings. The summed E-state index contributed by atoms with van der Waals surface area (Å²) in [6.45, 7) is 4.18. The Morgan fingerprint density at radius 3 is 2.41 bits per heavy atom. The van der Waals surface area contributed by atoms with Crippen molar-refractivity contribution >= 4 is 43.2 Å². The molecule has 2 aromatic rings. The van der Waals surface area contributed by atoms with Crippen molar-refractivity contribution in [1.29, 1.82) is 0 Å². The number of rotatable bonds is 2. The van der Waals surface area contributed by atoms with E-state index in [4.69, 9.17) is 5.73 Å². The zero-order chi connectivity index (χ0) is 12.6. The lowest BCUT2D eigenvalue weighted by Crippen LogP contribution is -2.11. The van der Waals surface area contributed by atoms with Gasteiger partial charge in [-0.05, 0) is 47.5 Å². The van der Waals surface area contributed by atoms with E-state index in [1.54, 1.807) is 11.3 Å². The maximum Gasteiger partial charge on any atom is 0.0657 e. The van der Waals surface area contributed by atoms with Gasteiger partial charge in [-0.1, -0.05) is 33.6 Å². The molecule has 2 rings (SSSR count). The van der Waals surface area contributed by atoms with Crippen molar-refractivity contribution in [3.8, 4) is 0 Å². The van der Waals surface area contributed by atoms with Gasteiger partial charge in [0, 0.05) is 18.7 Å². The highest BCUT2D eigenvalue weighted by Gasteiger charge is 2.15. The third-order valence-corrected chi connectivity index (χ3v) is 5.61. The van der Waals surface area contributed by atoms with Crippen LogP contribution in [0.2, 0.25) is 0 Å². The average Bonchev–Trinajstić information content (AvgIpc) is 2.62. The molecule has 4 heteroatoms. The van der Waals surface area contributed by atoms with E-state index in [9.17, 15) is 0 Å². The summed E-state index contributed by atoms with van der Waals surface area (Å²) in [5, 5.41) is 0. The van der Waals surface area contributed by atoms with E-state index in [1.165, 1.54) is 15.3 Å². The van der Waals surface area contributed by atoms with E-state index < -0.39 is 0 Å². The minimum absolute atomic E-state index is 0.0701. The van der Waals surface area contributed by atoms with Gasteiger partial charge in [-0.3, -0.25) is 0 Å². The number of benzene rings is 1. The minimum atomic E-state index is -0.0701. The molecule has 1 unspecified atom stereocenters. The second-order valence-electron chi connectivity index (χ2n) is 4.06. The molecular weight excluding hydrogens is 362 g/mol. The van der Waals surface area contributed by atoms with E-state index in [1.807, 2.05) is 0 Å². The standard InChI is InChI=1S/C13H13Br2NS/c1-7-3-4-10(14)9(5-7)13(16)12-6-11(15)8(2)17-12/h3-6,13H,16H2,1-2H3. The highest BCUT2D eigenvalue weighted by Crippen LogP contribution is 2.35. The van der Waals surface area contributed by atoms with E-state index in [0.29, 0.717) is 0 Å². The Hall–Kier alpha value is -0.160. The predicted molar refractivity (Wildman–Crippen MR) is 81.7 cm³/mol. The molecule has 1 nitrogen and oxygen atoms in total. The smallest absolute Gasteiger partial charge is 0.0657 e. The molecular formula is C13H13Br2NS. The van der Waals surface area contributed by atoms with Gasteiger partial charge in [0.15, 0.2) is 0 Å². The van der Waals surface area contributed by atoms with E-state index in [-0.39, 0.29) is 6.04 Å². The summed E-state index contributed by atoms with van der Waals surface area (Å²) in [6.07, 6.45) is 0. The lowest BCUT2D eigenvalue weighted by molar-refractivity contribution is 0.885. The zero-order valence-corrected chi connectivity index (χ0v) is 13.6. The Labute approximate surface area is 122 Å². The van der Waals surface area contributed by atoms with Gasteiger partial charge >= 0.3 is 0 Å². The van der Waals surface area contributed by atoms with Crippen molar-refractivity contribution in [1.82, 2.24) is 0 Å². The number of halogens is 2. The first kappa shape index (κ1) is 13.3. The van der Waals surface area contributed by atoms with Crippen LogP contribution in [0.25, 0.3) is 0 Å². The molecule has 2 N–H and O–H groups in total. The Morgan fingerprint density at radius 1 is 1.12 bits per heavy atom. The molecule has 0 spiro atoms. The second kappa shape index (κ2) is 5.22. The first-order valence-electron chi connectivity index (χ1n) is 5.26. The second-order valence-corrected chi connectivity index (χ2v) is 7.05. The molecule has 0 saturated carbocycles. The largest absolute Gasteiger partial charge is 0.320 e. The quantitative estimate of drug-likeness (QED) is 0.791. The van der Waals surface area contributed by atoms with E-state index >= 15 is 0 Å². The van der Waals surface area contributed by atoms with Gasteiger partial charge in [0.25, 0.3) is 0 Å². The summed E-state index contributed by atoms with van der Waals surface area (Å²) in [7, 11) is 0. The molecule has 1 aromatic carbocycles. The lowest BCUT2D eigenvalue weighted by Gasteiger charge is -2.13. The van der Waals surface area contributed by atoms with Crippen LogP contribution in [0, 0.1) is 13.8 Å². The Balaban J connectivity index is 2.42. The van der Waals surface area contributed by atoms with Crippen LogP contribution in [-0.4, -0.2) is 0 Å². The monoisotopic (exact) mass is 373 g/mol. The van der Waals surface area contributed by atoms with Crippen LogP contribution >= 0.6 is 43.2 Å². The molecule has 90 valence electrons. The third kappa shape index (κ3) is 2.81. The van der Waals surface area contributed by atoms with Crippen LogP contribution in [0.4, 0.5) is 0 Å². The summed E-state index contributed by atoms with van der Waals surface area (Å²) in [4.78, 5) is 2.44. The summed E-state index contributed by atoms with van der Waals surface area (Å²) in [5.41, 5.74) is 8.69. The number of hydrogen-bond donors (Lipinski definition) is 1. The van der Waals surface area contributed by atoms with Gasteiger partial charge in [0.1, 0.15) is 0 Å². The first-order chi connectivity index (χ1) is 7.99. The SMILES string of the molecule is Cc1ccc(Br)c(C(N)c2cc(Br)c(C)s2)c1. The molecule has 0 saturated heterocycles. The summed E-state index contributed by atoms with van der Waals surface area (Å²) in [5.74, 6) is 0. The van der Waals surface area contributed by atoms with Gasteiger partial charge < -0.3 is 5.73 Å². The topological polar surface area (TPSA) is 26.0 Å². The van der Waals surface area contributed by atoms with Gasteiger partial charge in [0.05, 0.1) is 6.04 Å². The van der Waals surface area contributed by atoms with Crippen LogP contribution in [0.15, 0.2) is 33.2 Å². The third-order valence-electron chi connectivity index (χ3n) is 2.67. The van der Waals surface area contributed by atoms with E-state index in [0.717, 1.165) is 14.5 Å². The molecule has 0 aliphatic carbocycles. The van der Waals surface area contributed by atoms with Gasteiger partial charge in [-0.25, -0.2) is 0 Å². The maximum absolute atomic E-state index is 6.33. The zero-order valence-electron chi connectivity index (χ0n) is 9.63. The summed E-state index contributed by atoms with van der Waals surface area (Å²) >= 11 is 8.84. The lowest BCUT2D eigenvalue weighted by atomic mass is 10.0. The average molecular weight is 375 g/mol. The number of hydrogen-bond acceptors (Lipinski definition) is 2. The molecule has 0 radical (unpaired) electrons. The van der Waals surface area contributed by atoms with Gasteiger partial charge in [-0.15, -0.1) is 11.3 Å². The Kier molecular flexibility index (Phi) is 4.08. The van der Waals surface area contributed by atoms with Crippen LogP contribution in [0.5, 0.6) is 0 Å². The number of nitrogens with two attached hydrogens (primary N) is 1. The fourth-order valence-electron chi connectivity index (χ4n) is 1.69. The van der Waals surface area contributed by atoms with Crippen molar-refractivity contribution in [2.24, 2.45) is 5.73 Å². The fraction of sp³-hybridized carbons (Fsp3) is 0.231. The van der Waals surface area contributed by atoms with Crippen molar-refractivity contribution in [3.63, 3.8) is 0 Å². The van der Waals surface area contributed by atoms with Crippen LogP contribution in [0.1, 0.15) is 26.9 Å². The Bertz CT molecular complexity index is 529. The van der Waals surface area contributed by atoms with Crippen molar-refractivity contribution in [2.75, 3.05) is 0 Å². The van der Waals surface area contributed by atoms with E-state index in [2.05, 4.69) is 70.0 Å². The molecule has 0 aliphatic heterocycles. The van der Waals surface area contributed by atoms with Crippen molar-refractivity contribution in [2.45, 2.75) is 19.9 Å². The first-order valence-corrected chi connectivity index (χ1v) is 7.66. The number of thiophene rings is 1. The molecule has 0 bridgehead atoms. The minimum Gasteiger partial charge on any atom is -0.320 e. The van der Waals surface area contributed by atoms with Gasteiger partial charge in [0.2, 0.25) is 0 Å². The van der Waals surface area contributed by atoms with Gasteiger partial charge in [-0.2, -0.15) is 0 Å². The molecule has 0 aliphatic rings. The fourth-order valence-corrected chi connectivity index (χ4v) is 3.76. The molecule has 1 aromatic heterocycles. The van der Waals surface area contributed by atoms with Crippen molar-refractivity contribution in [3.05, 3.63) is 54.1 Å². The number of aryl methyl sites for hydroxylation is 2. The molecule has 1 atom stereocenters. The summed E-state index contributed by atoms with van der Waals surface area (Å²) < 4.78 is 2.20. The van der Waals surface area contributed by atoms with Crippen LogP contribution in [0.3, 0.4) is 0 Å². The molecule has 0 amide bonds. The molecule has 17 heavy (non-hydrogen) atoms. The predicted octanol–water partition coefficient (Wildman–Crippen LogP) is 4.94. The van der Waals surface area contributed by atoms with Crippen LogP contribution in [-0.2, 0) is 0 Å². The van der Waals surface area contributed by atoms with Crippen molar-refractivity contribution < 1.29 is 0 Å². The van der Waals surface area contributed by atoms with Crippen LogP contribution < -0.4 is 5.73 Å². The highest BCUT2D eigenvalue weighted by atomic mass is 79.9. The maximum atomic E-state index is 6.33. The Morgan fingerprint density at radius 2 is 1.82 bits per heavy atom. The molecule has 1 heterocycles.